The number of aromatic nitrogens is 2. The SMILES string of the molecule is COC(=O)c1cc2nc(Nc3ccc(OC(F)(F)F)cc3)n(C3C[C@H](C)CC(C)(C)C3)c2cc1F. The lowest BCUT2D eigenvalue weighted by Gasteiger charge is -2.40. The van der Waals surface area contributed by atoms with E-state index in [0.29, 0.717) is 28.6 Å². The summed E-state index contributed by atoms with van der Waals surface area (Å²) in [6.07, 6.45) is -2.05. The van der Waals surface area contributed by atoms with Gasteiger partial charge in [0.1, 0.15) is 11.6 Å². The van der Waals surface area contributed by atoms with E-state index in [9.17, 15) is 22.4 Å². The lowest BCUT2D eigenvalue weighted by Crippen LogP contribution is -2.29. The molecule has 0 radical (unpaired) electrons. The van der Waals surface area contributed by atoms with Crippen molar-refractivity contribution in [3.8, 4) is 5.75 Å². The molecule has 2 aromatic carbocycles. The highest BCUT2D eigenvalue weighted by Gasteiger charge is 2.35. The fourth-order valence-corrected chi connectivity index (χ4v) is 5.20. The molecule has 1 aliphatic rings. The topological polar surface area (TPSA) is 65.4 Å². The molecule has 3 aromatic rings. The van der Waals surface area contributed by atoms with Gasteiger partial charge in [0.2, 0.25) is 5.95 Å². The molecule has 188 valence electrons. The van der Waals surface area contributed by atoms with E-state index in [-0.39, 0.29) is 22.8 Å². The third kappa shape index (κ3) is 5.52. The number of benzene rings is 2. The molecule has 1 saturated carbocycles. The summed E-state index contributed by atoms with van der Waals surface area (Å²) >= 11 is 0. The van der Waals surface area contributed by atoms with Crippen LogP contribution in [0, 0.1) is 17.2 Å². The van der Waals surface area contributed by atoms with Crippen LogP contribution in [0.1, 0.15) is 56.4 Å². The Labute approximate surface area is 200 Å². The van der Waals surface area contributed by atoms with Crippen molar-refractivity contribution in [1.82, 2.24) is 9.55 Å². The smallest absolute Gasteiger partial charge is 0.465 e. The molecule has 35 heavy (non-hydrogen) atoms. The van der Waals surface area contributed by atoms with Crippen LogP contribution in [0.4, 0.5) is 29.2 Å². The van der Waals surface area contributed by atoms with E-state index in [1.165, 1.54) is 43.5 Å². The number of methoxy groups -OCH3 is 1. The maximum absolute atomic E-state index is 14.9. The molecule has 6 nitrogen and oxygen atoms in total. The Bertz CT molecular complexity index is 1240. The van der Waals surface area contributed by atoms with Crippen LogP contribution >= 0.6 is 0 Å². The van der Waals surface area contributed by atoms with Crippen LogP contribution in [0.2, 0.25) is 0 Å². The number of hydrogen-bond donors (Lipinski definition) is 1. The van der Waals surface area contributed by atoms with Gasteiger partial charge < -0.3 is 19.4 Å². The quantitative estimate of drug-likeness (QED) is 0.307. The molecule has 0 saturated heterocycles. The van der Waals surface area contributed by atoms with Crippen molar-refractivity contribution in [3.05, 3.63) is 47.8 Å². The summed E-state index contributed by atoms with van der Waals surface area (Å²) in [6, 6.07) is 7.92. The van der Waals surface area contributed by atoms with E-state index in [1.54, 1.807) is 0 Å². The maximum atomic E-state index is 14.9. The normalized spacial score (nSPS) is 20.0. The summed E-state index contributed by atoms with van der Waals surface area (Å²) in [5.41, 5.74) is 1.24. The van der Waals surface area contributed by atoms with Gasteiger partial charge in [0.05, 0.1) is 23.7 Å². The minimum absolute atomic E-state index is 0.00235. The Hall–Kier alpha value is -3.30. The minimum Gasteiger partial charge on any atom is -0.465 e. The Morgan fingerprint density at radius 3 is 2.46 bits per heavy atom. The van der Waals surface area contributed by atoms with Gasteiger partial charge in [-0.05, 0) is 60.9 Å². The van der Waals surface area contributed by atoms with Crippen molar-refractivity contribution in [1.29, 1.82) is 0 Å². The average molecular weight is 494 g/mol. The van der Waals surface area contributed by atoms with Crippen molar-refractivity contribution >= 4 is 28.6 Å². The molecule has 1 heterocycles. The van der Waals surface area contributed by atoms with Gasteiger partial charge in [-0.1, -0.05) is 20.8 Å². The average Bonchev–Trinajstić information content (AvgIpc) is 3.08. The molecular formula is C25H27F4N3O3. The number of halogens is 4. The van der Waals surface area contributed by atoms with Gasteiger partial charge in [0.25, 0.3) is 0 Å². The van der Waals surface area contributed by atoms with Gasteiger partial charge in [-0.3, -0.25) is 0 Å². The Balaban J connectivity index is 1.77. The molecule has 0 bridgehead atoms. The number of nitrogens with one attached hydrogen (secondary N) is 1. The zero-order chi connectivity index (χ0) is 25.5. The van der Waals surface area contributed by atoms with Crippen molar-refractivity contribution < 1.29 is 31.8 Å². The van der Waals surface area contributed by atoms with Crippen molar-refractivity contribution in [3.63, 3.8) is 0 Å². The maximum Gasteiger partial charge on any atom is 0.573 e. The number of hydrogen-bond acceptors (Lipinski definition) is 5. The number of imidazole rings is 1. The minimum atomic E-state index is -4.78. The summed E-state index contributed by atoms with van der Waals surface area (Å²) in [5, 5.41) is 3.15. The van der Waals surface area contributed by atoms with Crippen LogP contribution in [0.5, 0.6) is 5.75 Å². The number of rotatable bonds is 5. The highest BCUT2D eigenvalue weighted by molar-refractivity contribution is 5.94. The molecule has 2 atom stereocenters. The van der Waals surface area contributed by atoms with Crippen LogP contribution in [0.3, 0.4) is 0 Å². The highest BCUT2D eigenvalue weighted by atomic mass is 19.4. The Kier molecular flexibility index (Phi) is 6.42. The summed E-state index contributed by atoms with van der Waals surface area (Å²) in [6.45, 7) is 6.56. The fourth-order valence-electron chi connectivity index (χ4n) is 5.20. The van der Waals surface area contributed by atoms with Gasteiger partial charge in [-0.15, -0.1) is 13.2 Å². The van der Waals surface area contributed by atoms with E-state index >= 15 is 0 Å². The first-order chi connectivity index (χ1) is 16.3. The van der Waals surface area contributed by atoms with E-state index in [2.05, 4.69) is 40.5 Å². The first kappa shape index (κ1) is 24.8. The summed E-state index contributed by atoms with van der Waals surface area (Å²) in [7, 11) is 1.18. The molecular weight excluding hydrogens is 466 g/mol. The predicted molar refractivity (Wildman–Crippen MR) is 123 cm³/mol. The van der Waals surface area contributed by atoms with Crippen molar-refractivity contribution in [2.45, 2.75) is 52.4 Å². The van der Waals surface area contributed by atoms with Crippen LogP contribution in [0.15, 0.2) is 36.4 Å². The van der Waals surface area contributed by atoms with Gasteiger partial charge in [0, 0.05) is 17.8 Å². The largest absolute Gasteiger partial charge is 0.573 e. The predicted octanol–water partition coefficient (Wildman–Crippen LogP) is 6.99. The molecule has 1 fully saturated rings. The number of esters is 1. The zero-order valence-corrected chi connectivity index (χ0v) is 19.9. The van der Waals surface area contributed by atoms with Crippen LogP contribution in [-0.4, -0.2) is 29.0 Å². The third-order valence-electron chi connectivity index (χ3n) is 6.26. The van der Waals surface area contributed by atoms with E-state index in [4.69, 9.17) is 0 Å². The number of anilines is 2. The number of carbonyl (C=O) groups is 1. The van der Waals surface area contributed by atoms with Crippen LogP contribution in [0.25, 0.3) is 11.0 Å². The second-order valence-electron chi connectivity index (χ2n) is 9.88. The summed E-state index contributed by atoms with van der Waals surface area (Å²) in [4.78, 5) is 16.6. The first-order valence-electron chi connectivity index (χ1n) is 11.3. The monoisotopic (exact) mass is 493 g/mol. The van der Waals surface area contributed by atoms with E-state index in [0.717, 1.165) is 19.3 Å². The number of alkyl halides is 3. The number of nitrogens with zero attached hydrogens (tertiary/aromatic N) is 2. The Morgan fingerprint density at radius 2 is 1.86 bits per heavy atom. The molecule has 0 spiro atoms. The van der Waals surface area contributed by atoms with E-state index < -0.39 is 18.1 Å². The van der Waals surface area contributed by atoms with Crippen LogP contribution in [-0.2, 0) is 4.74 Å². The molecule has 0 amide bonds. The zero-order valence-electron chi connectivity index (χ0n) is 19.9. The standard InChI is InChI=1S/C25H27F4N3O3/c1-14-9-16(13-24(2,3)12-14)32-21-11-19(26)18(22(33)34-4)10-20(21)31-23(32)30-15-5-7-17(8-6-15)35-25(27,28)29/h5-8,10-11,14,16H,9,12-13H2,1-4H3,(H,30,31)/t14-,16?/m0/s1. The molecule has 0 aliphatic heterocycles. The van der Waals surface area contributed by atoms with Crippen LogP contribution < -0.4 is 10.1 Å². The third-order valence-corrected chi connectivity index (χ3v) is 6.26. The van der Waals surface area contributed by atoms with Crippen molar-refractivity contribution in [2.24, 2.45) is 11.3 Å². The molecule has 1 N–H and O–H groups in total. The molecule has 1 aromatic heterocycles. The molecule has 4 rings (SSSR count). The number of ether oxygens (including phenoxy) is 2. The van der Waals surface area contributed by atoms with Gasteiger partial charge in [-0.25, -0.2) is 14.2 Å². The number of carbonyl (C=O) groups excluding carboxylic acids is 1. The first-order valence-corrected chi connectivity index (χ1v) is 11.3. The highest BCUT2D eigenvalue weighted by Crippen LogP contribution is 2.46. The molecule has 1 aliphatic carbocycles. The second-order valence-corrected chi connectivity index (χ2v) is 9.88. The number of fused-ring (bicyclic) bond motifs is 1. The van der Waals surface area contributed by atoms with Gasteiger partial charge >= 0.3 is 12.3 Å². The summed E-state index contributed by atoms with van der Waals surface area (Å²) < 4.78 is 62.9. The second kappa shape index (κ2) is 9.05. The molecule has 1 unspecified atom stereocenters. The summed E-state index contributed by atoms with van der Waals surface area (Å²) in [5.74, 6) is -1.04. The lowest BCUT2D eigenvalue weighted by molar-refractivity contribution is -0.274. The Morgan fingerprint density at radius 1 is 1.17 bits per heavy atom. The van der Waals surface area contributed by atoms with Gasteiger partial charge in [-0.2, -0.15) is 0 Å². The molecule has 10 heteroatoms. The van der Waals surface area contributed by atoms with E-state index in [1.807, 2.05) is 4.57 Å². The lowest BCUT2D eigenvalue weighted by atomic mass is 9.70. The van der Waals surface area contributed by atoms with Gasteiger partial charge in [0.15, 0.2) is 0 Å². The fraction of sp³-hybridized carbons (Fsp3) is 0.440. The van der Waals surface area contributed by atoms with Crippen molar-refractivity contribution in [2.75, 3.05) is 12.4 Å².